The van der Waals surface area contributed by atoms with Gasteiger partial charge in [-0.25, -0.2) is 4.68 Å². The van der Waals surface area contributed by atoms with Crippen molar-refractivity contribution >= 4 is 11.6 Å². The summed E-state index contributed by atoms with van der Waals surface area (Å²) in [5.74, 6) is -0.175. The highest BCUT2D eigenvalue weighted by atomic mass is 16.2. The molecule has 6 heteroatoms. The first-order valence-electron chi connectivity index (χ1n) is 6.74. The Morgan fingerprint density at radius 1 is 1.45 bits per heavy atom. The molecule has 0 saturated heterocycles. The molecule has 0 aliphatic rings. The first kappa shape index (κ1) is 14.2. The monoisotopic (exact) mass is 273 g/mol. The van der Waals surface area contributed by atoms with E-state index in [1.165, 1.54) is 0 Å². The number of nitrogens with one attached hydrogen (secondary N) is 1. The summed E-state index contributed by atoms with van der Waals surface area (Å²) in [6.07, 6.45) is 5.97. The van der Waals surface area contributed by atoms with Crippen molar-refractivity contribution in [3.63, 3.8) is 0 Å². The molecule has 0 spiro atoms. The SMILES string of the molecule is CCCC[C@H](N)C(=O)Nc1ccccc1-n1ccnn1. The maximum Gasteiger partial charge on any atom is 0.241 e. The van der Waals surface area contributed by atoms with Gasteiger partial charge >= 0.3 is 0 Å². The fourth-order valence-corrected chi connectivity index (χ4v) is 1.90. The Morgan fingerprint density at radius 3 is 2.95 bits per heavy atom. The average molecular weight is 273 g/mol. The lowest BCUT2D eigenvalue weighted by atomic mass is 10.1. The largest absolute Gasteiger partial charge is 0.323 e. The summed E-state index contributed by atoms with van der Waals surface area (Å²) in [5.41, 5.74) is 7.31. The molecule has 106 valence electrons. The Morgan fingerprint density at radius 2 is 2.25 bits per heavy atom. The van der Waals surface area contributed by atoms with Crippen LogP contribution in [-0.2, 0) is 4.79 Å². The molecule has 1 aromatic carbocycles. The van der Waals surface area contributed by atoms with Gasteiger partial charge in [0.15, 0.2) is 0 Å². The van der Waals surface area contributed by atoms with Crippen molar-refractivity contribution in [1.29, 1.82) is 0 Å². The molecule has 0 aliphatic carbocycles. The maximum absolute atomic E-state index is 12.1. The minimum absolute atomic E-state index is 0.175. The molecule has 0 radical (unpaired) electrons. The molecule has 1 heterocycles. The molecule has 2 aromatic rings. The van der Waals surface area contributed by atoms with Crippen molar-refractivity contribution in [3.8, 4) is 5.69 Å². The van der Waals surface area contributed by atoms with Crippen molar-refractivity contribution < 1.29 is 4.79 Å². The molecule has 6 nitrogen and oxygen atoms in total. The Kier molecular flexibility index (Phi) is 4.84. The molecule has 3 N–H and O–H groups in total. The number of hydrogen-bond acceptors (Lipinski definition) is 4. The minimum Gasteiger partial charge on any atom is -0.323 e. The number of carbonyl (C=O) groups excluding carboxylic acids is 1. The van der Waals surface area contributed by atoms with Crippen molar-refractivity contribution in [2.24, 2.45) is 5.73 Å². The smallest absolute Gasteiger partial charge is 0.241 e. The van der Waals surface area contributed by atoms with Gasteiger partial charge in [-0.2, -0.15) is 0 Å². The zero-order valence-electron chi connectivity index (χ0n) is 11.5. The molecule has 0 bridgehead atoms. The summed E-state index contributed by atoms with van der Waals surface area (Å²) in [6, 6.07) is 6.93. The molecule has 1 amide bonds. The van der Waals surface area contributed by atoms with E-state index in [1.54, 1.807) is 17.1 Å². The normalized spacial score (nSPS) is 12.1. The number of nitrogens with two attached hydrogens (primary N) is 1. The quantitative estimate of drug-likeness (QED) is 0.839. The third kappa shape index (κ3) is 3.42. The van der Waals surface area contributed by atoms with E-state index in [2.05, 4.69) is 22.6 Å². The Bertz CT molecular complexity index is 552. The van der Waals surface area contributed by atoms with Crippen LogP contribution >= 0.6 is 0 Å². The molecule has 1 atom stereocenters. The van der Waals surface area contributed by atoms with Crippen LogP contribution in [0.4, 0.5) is 5.69 Å². The highest BCUT2D eigenvalue weighted by molar-refractivity contribution is 5.96. The first-order valence-corrected chi connectivity index (χ1v) is 6.74. The molecule has 20 heavy (non-hydrogen) atoms. The van der Waals surface area contributed by atoms with Gasteiger partial charge in [0.05, 0.1) is 29.8 Å². The molecular weight excluding hydrogens is 254 g/mol. The first-order chi connectivity index (χ1) is 9.72. The number of anilines is 1. The fraction of sp³-hybridized carbons (Fsp3) is 0.357. The van der Waals surface area contributed by atoms with Crippen LogP contribution in [-0.4, -0.2) is 26.9 Å². The summed E-state index contributed by atoms with van der Waals surface area (Å²) in [5, 5.41) is 10.6. The van der Waals surface area contributed by atoms with Gasteiger partial charge in [-0.3, -0.25) is 4.79 Å². The van der Waals surface area contributed by atoms with Crippen LogP contribution in [0.15, 0.2) is 36.7 Å². The number of unbranched alkanes of at least 4 members (excludes halogenated alkanes) is 1. The second kappa shape index (κ2) is 6.81. The highest BCUT2D eigenvalue weighted by Gasteiger charge is 2.15. The van der Waals surface area contributed by atoms with Gasteiger partial charge in [-0.05, 0) is 18.6 Å². The van der Waals surface area contributed by atoms with Gasteiger partial charge in [-0.1, -0.05) is 37.1 Å². The standard InChI is InChI=1S/C14H19N5O/c1-2-3-6-11(15)14(20)17-12-7-4-5-8-13(12)19-10-9-16-18-19/h4-5,7-11H,2-3,6,15H2,1H3,(H,17,20)/t11-/m0/s1. The summed E-state index contributed by atoms with van der Waals surface area (Å²) in [4.78, 5) is 12.1. The molecule has 0 aliphatic heterocycles. The molecule has 1 aromatic heterocycles. The number of hydrogen-bond donors (Lipinski definition) is 2. The van der Waals surface area contributed by atoms with Gasteiger partial charge in [0.2, 0.25) is 5.91 Å². The van der Waals surface area contributed by atoms with Crippen molar-refractivity contribution in [1.82, 2.24) is 15.0 Å². The topological polar surface area (TPSA) is 85.8 Å². The van der Waals surface area contributed by atoms with Gasteiger partial charge in [-0.15, -0.1) is 5.10 Å². The van der Waals surface area contributed by atoms with E-state index in [-0.39, 0.29) is 5.91 Å². The summed E-state index contributed by atoms with van der Waals surface area (Å²) in [7, 11) is 0. The molecule has 2 rings (SSSR count). The predicted molar refractivity (Wildman–Crippen MR) is 77.5 cm³/mol. The average Bonchev–Trinajstić information content (AvgIpc) is 2.99. The van der Waals surface area contributed by atoms with E-state index < -0.39 is 6.04 Å². The highest BCUT2D eigenvalue weighted by Crippen LogP contribution is 2.19. The maximum atomic E-state index is 12.1. The number of para-hydroxylation sites is 2. The predicted octanol–water partition coefficient (Wildman–Crippen LogP) is 1.72. The zero-order chi connectivity index (χ0) is 14.4. The van der Waals surface area contributed by atoms with Gasteiger partial charge in [0.25, 0.3) is 0 Å². The van der Waals surface area contributed by atoms with Gasteiger partial charge < -0.3 is 11.1 Å². The Balaban J connectivity index is 2.12. The summed E-state index contributed by atoms with van der Waals surface area (Å²) < 4.78 is 1.60. The number of rotatable bonds is 6. The van der Waals surface area contributed by atoms with Gasteiger partial charge in [0.1, 0.15) is 0 Å². The lowest BCUT2D eigenvalue weighted by molar-refractivity contribution is -0.117. The molecule has 0 fully saturated rings. The van der Waals surface area contributed by atoms with Crippen LogP contribution < -0.4 is 11.1 Å². The van der Waals surface area contributed by atoms with Gasteiger partial charge in [0, 0.05) is 0 Å². The second-order valence-electron chi connectivity index (χ2n) is 4.60. The van der Waals surface area contributed by atoms with Crippen molar-refractivity contribution in [3.05, 3.63) is 36.7 Å². The Hall–Kier alpha value is -2.21. The van der Waals surface area contributed by atoms with E-state index in [9.17, 15) is 4.79 Å². The van der Waals surface area contributed by atoms with Crippen LogP contribution in [0, 0.1) is 0 Å². The van der Waals surface area contributed by atoms with E-state index in [1.807, 2.05) is 24.3 Å². The van der Waals surface area contributed by atoms with E-state index in [0.717, 1.165) is 18.5 Å². The molecule has 0 saturated carbocycles. The van der Waals surface area contributed by atoms with Crippen molar-refractivity contribution in [2.45, 2.75) is 32.2 Å². The third-order valence-corrected chi connectivity index (χ3v) is 3.04. The minimum atomic E-state index is -0.487. The summed E-state index contributed by atoms with van der Waals surface area (Å²) in [6.45, 7) is 2.07. The number of benzene rings is 1. The Labute approximate surface area is 118 Å². The van der Waals surface area contributed by atoms with E-state index in [4.69, 9.17) is 5.73 Å². The van der Waals surface area contributed by atoms with Crippen LogP contribution in [0.3, 0.4) is 0 Å². The van der Waals surface area contributed by atoms with Crippen LogP contribution in [0.5, 0.6) is 0 Å². The molecular formula is C14H19N5O. The zero-order valence-corrected chi connectivity index (χ0v) is 11.5. The fourth-order valence-electron chi connectivity index (χ4n) is 1.90. The van der Waals surface area contributed by atoms with E-state index in [0.29, 0.717) is 12.1 Å². The number of amides is 1. The van der Waals surface area contributed by atoms with Crippen molar-refractivity contribution in [2.75, 3.05) is 5.32 Å². The second-order valence-corrected chi connectivity index (χ2v) is 4.60. The number of nitrogens with zero attached hydrogens (tertiary/aromatic N) is 3. The molecule has 0 unspecified atom stereocenters. The van der Waals surface area contributed by atoms with Crippen LogP contribution in [0.2, 0.25) is 0 Å². The lowest BCUT2D eigenvalue weighted by Gasteiger charge is -2.14. The lowest BCUT2D eigenvalue weighted by Crippen LogP contribution is -2.35. The van der Waals surface area contributed by atoms with Crippen LogP contribution in [0.25, 0.3) is 5.69 Å². The summed E-state index contributed by atoms with van der Waals surface area (Å²) >= 11 is 0. The third-order valence-electron chi connectivity index (χ3n) is 3.04. The number of carbonyl (C=O) groups is 1. The van der Waals surface area contributed by atoms with E-state index >= 15 is 0 Å². The van der Waals surface area contributed by atoms with Crippen LogP contribution in [0.1, 0.15) is 26.2 Å². The number of aromatic nitrogens is 3.